The van der Waals surface area contributed by atoms with E-state index in [4.69, 9.17) is 16.7 Å². The molecule has 0 aliphatic heterocycles. The minimum atomic E-state index is -0.830. The summed E-state index contributed by atoms with van der Waals surface area (Å²) in [6, 6.07) is 17.2. The van der Waals surface area contributed by atoms with Crippen molar-refractivity contribution in [1.82, 2.24) is 5.32 Å². The molecule has 0 bridgehead atoms. The van der Waals surface area contributed by atoms with Gasteiger partial charge in [0.1, 0.15) is 0 Å². The number of carboxylic acids is 1. The highest BCUT2D eigenvalue weighted by Crippen LogP contribution is 2.24. The Bertz CT molecular complexity index is 824. The fraction of sp³-hybridized carbons (Fsp3) is 0.273. The van der Waals surface area contributed by atoms with Crippen LogP contribution in [0.4, 0.5) is 0 Å². The normalized spacial score (nSPS) is 12.4. The third kappa shape index (κ3) is 7.06. The van der Waals surface area contributed by atoms with Gasteiger partial charge in [-0.2, -0.15) is 0 Å². The Morgan fingerprint density at radius 3 is 2.46 bits per heavy atom. The van der Waals surface area contributed by atoms with E-state index in [9.17, 15) is 9.59 Å². The molecule has 0 aliphatic rings. The Hall–Kier alpha value is -2.24. The summed E-state index contributed by atoms with van der Waals surface area (Å²) in [5, 5.41) is 12.6. The van der Waals surface area contributed by atoms with Gasteiger partial charge in [0.15, 0.2) is 0 Å². The number of hydrogen-bond acceptors (Lipinski definition) is 3. The zero-order chi connectivity index (χ0) is 20.4. The van der Waals surface area contributed by atoms with E-state index < -0.39 is 11.9 Å². The van der Waals surface area contributed by atoms with Gasteiger partial charge in [-0.1, -0.05) is 54.9 Å². The Morgan fingerprint density at radius 1 is 1.14 bits per heavy atom. The lowest BCUT2D eigenvalue weighted by Crippen LogP contribution is -2.29. The van der Waals surface area contributed by atoms with Crippen molar-refractivity contribution in [2.75, 3.05) is 12.3 Å². The van der Waals surface area contributed by atoms with Gasteiger partial charge in [0.2, 0.25) is 5.91 Å². The number of carbonyl (C=O) groups excluding carboxylic acids is 1. The first-order valence-corrected chi connectivity index (χ1v) is 10.5. The predicted molar refractivity (Wildman–Crippen MR) is 116 cm³/mol. The molecule has 0 spiro atoms. The average Bonchev–Trinajstić information content (AvgIpc) is 2.70. The van der Waals surface area contributed by atoms with Crippen LogP contribution in [0.3, 0.4) is 0 Å². The second-order valence-electron chi connectivity index (χ2n) is 6.28. The molecule has 1 unspecified atom stereocenters. The Balaban J connectivity index is 2.09. The highest BCUT2D eigenvalue weighted by molar-refractivity contribution is 7.99. The summed E-state index contributed by atoms with van der Waals surface area (Å²) in [5.41, 5.74) is 1.37. The van der Waals surface area contributed by atoms with E-state index in [1.807, 2.05) is 55.5 Å². The van der Waals surface area contributed by atoms with E-state index in [1.54, 1.807) is 23.9 Å². The molecule has 0 fully saturated rings. The molecule has 1 atom stereocenters. The van der Waals surface area contributed by atoms with Crippen LogP contribution in [0.15, 0.2) is 65.1 Å². The molecule has 0 saturated heterocycles. The maximum atomic E-state index is 12.7. The van der Waals surface area contributed by atoms with Crippen molar-refractivity contribution in [3.05, 3.63) is 70.8 Å². The molecular weight excluding hydrogens is 394 g/mol. The summed E-state index contributed by atoms with van der Waals surface area (Å²) < 4.78 is 0. The molecule has 1 amide bonds. The van der Waals surface area contributed by atoms with Gasteiger partial charge in [-0.15, -0.1) is 11.8 Å². The summed E-state index contributed by atoms with van der Waals surface area (Å²) in [6.45, 7) is 2.15. The number of rotatable bonds is 10. The molecule has 2 aromatic carbocycles. The van der Waals surface area contributed by atoms with Crippen LogP contribution in [-0.4, -0.2) is 29.3 Å². The second-order valence-corrected chi connectivity index (χ2v) is 7.74. The topological polar surface area (TPSA) is 66.4 Å². The average molecular weight is 418 g/mol. The molecule has 6 heteroatoms. The van der Waals surface area contributed by atoms with E-state index >= 15 is 0 Å². The molecule has 4 nitrogen and oxygen atoms in total. The quantitative estimate of drug-likeness (QED) is 0.415. The van der Waals surface area contributed by atoms with E-state index in [1.165, 1.54) is 0 Å². The van der Waals surface area contributed by atoms with Crippen LogP contribution < -0.4 is 5.32 Å². The molecule has 2 rings (SSSR count). The zero-order valence-corrected chi connectivity index (χ0v) is 17.3. The van der Waals surface area contributed by atoms with Crippen LogP contribution in [-0.2, 0) is 9.59 Å². The number of thioether (sulfide) groups is 1. The number of halogens is 1. The summed E-state index contributed by atoms with van der Waals surface area (Å²) in [5.74, 6) is -1.00. The maximum absolute atomic E-state index is 12.7. The second kappa shape index (κ2) is 11.6. The summed E-state index contributed by atoms with van der Waals surface area (Å²) in [7, 11) is 0. The van der Waals surface area contributed by atoms with E-state index in [2.05, 4.69) is 5.32 Å². The number of benzene rings is 2. The number of carboxylic acid groups (broad SMARTS) is 1. The SMILES string of the molecule is CCC(CCNC(=O)/C(=C/c1ccccc1Cl)CSc1ccccc1)C(=O)O. The van der Waals surface area contributed by atoms with Gasteiger partial charge in [0.25, 0.3) is 0 Å². The smallest absolute Gasteiger partial charge is 0.306 e. The van der Waals surface area contributed by atoms with Gasteiger partial charge in [-0.05, 0) is 42.7 Å². The van der Waals surface area contributed by atoms with Crippen LogP contribution in [0.25, 0.3) is 6.08 Å². The monoisotopic (exact) mass is 417 g/mol. The lowest BCUT2D eigenvalue weighted by Gasteiger charge is -2.12. The minimum Gasteiger partial charge on any atom is -0.481 e. The van der Waals surface area contributed by atoms with Crippen LogP contribution in [0, 0.1) is 5.92 Å². The summed E-state index contributed by atoms with van der Waals surface area (Å²) in [6.07, 6.45) is 2.74. The number of carbonyl (C=O) groups is 2. The van der Waals surface area contributed by atoms with Crippen molar-refractivity contribution in [1.29, 1.82) is 0 Å². The number of aliphatic carboxylic acids is 1. The summed E-state index contributed by atoms with van der Waals surface area (Å²) >= 11 is 7.81. The predicted octanol–water partition coefficient (Wildman–Crippen LogP) is 5.13. The molecular formula is C22H24ClNO3S. The Kier molecular flexibility index (Phi) is 9.11. The van der Waals surface area contributed by atoms with Crippen molar-refractivity contribution >= 4 is 41.3 Å². The van der Waals surface area contributed by atoms with Crippen molar-refractivity contribution in [2.45, 2.75) is 24.7 Å². The fourth-order valence-electron chi connectivity index (χ4n) is 2.61. The molecule has 0 radical (unpaired) electrons. The highest BCUT2D eigenvalue weighted by Gasteiger charge is 2.16. The fourth-order valence-corrected chi connectivity index (χ4v) is 3.68. The Labute approximate surface area is 175 Å². The van der Waals surface area contributed by atoms with Gasteiger partial charge in [0, 0.05) is 27.8 Å². The maximum Gasteiger partial charge on any atom is 0.306 e. The van der Waals surface area contributed by atoms with Gasteiger partial charge in [-0.3, -0.25) is 9.59 Å². The van der Waals surface area contributed by atoms with Crippen LogP contribution >= 0.6 is 23.4 Å². The molecule has 0 saturated carbocycles. The van der Waals surface area contributed by atoms with Crippen LogP contribution in [0.1, 0.15) is 25.3 Å². The standard InChI is InChI=1S/C22H24ClNO3S/c1-2-16(22(26)27)12-13-24-21(25)18(14-17-8-6-7-11-20(17)23)15-28-19-9-4-3-5-10-19/h3-11,14,16H,2,12-13,15H2,1H3,(H,24,25)(H,26,27)/b18-14+. The van der Waals surface area contributed by atoms with Crippen LogP contribution in [0.2, 0.25) is 5.02 Å². The van der Waals surface area contributed by atoms with Crippen molar-refractivity contribution in [3.8, 4) is 0 Å². The first kappa shape index (κ1) is 22.1. The molecule has 0 heterocycles. The van der Waals surface area contributed by atoms with Crippen LogP contribution in [0.5, 0.6) is 0 Å². The molecule has 2 N–H and O–H groups in total. The lowest BCUT2D eigenvalue weighted by molar-refractivity contribution is -0.142. The molecule has 0 aliphatic carbocycles. The first-order chi connectivity index (χ1) is 13.5. The van der Waals surface area contributed by atoms with E-state index in [-0.39, 0.29) is 5.91 Å². The van der Waals surface area contributed by atoms with Gasteiger partial charge >= 0.3 is 5.97 Å². The molecule has 2 aromatic rings. The Morgan fingerprint density at radius 2 is 1.82 bits per heavy atom. The van der Waals surface area contributed by atoms with Gasteiger partial charge < -0.3 is 10.4 Å². The molecule has 148 valence electrons. The third-order valence-corrected chi connectivity index (χ3v) is 5.69. The number of hydrogen-bond donors (Lipinski definition) is 2. The number of nitrogens with one attached hydrogen (secondary N) is 1. The molecule has 0 aromatic heterocycles. The van der Waals surface area contributed by atoms with Crippen molar-refractivity contribution < 1.29 is 14.7 Å². The van der Waals surface area contributed by atoms with E-state index in [0.29, 0.717) is 35.7 Å². The highest BCUT2D eigenvalue weighted by atomic mass is 35.5. The lowest BCUT2D eigenvalue weighted by atomic mass is 10.0. The van der Waals surface area contributed by atoms with Gasteiger partial charge in [-0.25, -0.2) is 0 Å². The minimum absolute atomic E-state index is 0.205. The number of amides is 1. The first-order valence-electron chi connectivity index (χ1n) is 9.15. The van der Waals surface area contributed by atoms with Gasteiger partial charge in [0.05, 0.1) is 5.92 Å². The zero-order valence-electron chi connectivity index (χ0n) is 15.7. The van der Waals surface area contributed by atoms with E-state index in [0.717, 1.165) is 10.5 Å². The van der Waals surface area contributed by atoms with Crippen molar-refractivity contribution in [2.24, 2.45) is 5.92 Å². The molecule has 28 heavy (non-hydrogen) atoms. The summed E-state index contributed by atoms with van der Waals surface area (Å²) in [4.78, 5) is 24.9. The third-order valence-electron chi connectivity index (χ3n) is 4.28. The largest absolute Gasteiger partial charge is 0.481 e. The van der Waals surface area contributed by atoms with Crippen molar-refractivity contribution in [3.63, 3.8) is 0 Å².